The van der Waals surface area contributed by atoms with Gasteiger partial charge in [-0.1, -0.05) is 12.5 Å². The second kappa shape index (κ2) is 9.68. The summed E-state index contributed by atoms with van der Waals surface area (Å²) >= 11 is 0. The molecule has 30 heavy (non-hydrogen) atoms. The minimum absolute atomic E-state index is 0.0184. The first-order chi connectivity index (χ1) is 14.4. The van der Waals surface area contributed by atoms with E-state index in [1.165, 1.54) is 41.9 Å². The number of amides is 1. The number of hydrogen-bond donors (Lipinski definition) is 1. The molecular weight excluding hydrogens is 410 g/mol. The molecule has 0 aliphatic carbocycles. The number of carbonyl (C=O) groups excluding carboxylic acids is 2. The van der Waals surface area contributed by atoms with E-state index in [1.807, 2.05) is 0 Å². The van der Waals surface area contributed by atoms with Crippen molar-refractivity contribution in [2.45, 2.75) is 24.2 Å². The van der Waals surface area contributed by atoms with Gasteiger partial charge in [0.1, 0.15) is 16.3 Å². The second-order valence-corrected chi connectivity index (χ2v) is 8.58. The van der Waals surface area contributed by atoms with Crippen molar-refractivity contribution in [1.82, 2.24) is 9.29 Å². The molecule has 0 radical (unpaired) electrons. The van der Waals surface area contributed by atoms with Gasteiger partial charge >= 0.3 is 5.97 Å². The van der Waals surface area contributed by atoms with Gasteiger partial charge in [0.05, 0.1) is 7.11 Å². The third-order valence-electron chi connectivity index (χ3n) is 4.59. The monoisotopic (exact) mass is 433 g/mol. The number of aromatic nitrogens is 1. The molecule has 0 bridgehead atoms. The zero-order chi connectivity index (χ0) is 21.6. The minimum Gasteiger partial charge on any atom is -0.495 e. The molecule has 2 heterocycles. The number of methoxy groups -OCH3 is 1. The van der Waals surface area contributed by atoms with Crippen molar-refractivity contribution < 1.29 is 27.5 Å². The highest BCUT2D eigenvalue weighted by atomic mass is 32.2. The van der Waals surface area contributed by atoms with Crippen LogP contribution in [-0.4, -0.2) is 56.4 Å². The van der Waals surface area contributed by atoms with Crippen molar-refractivity contribution in [2.75, 3.05) is 32.1 Å². The third kappa shape index (κ3) is 5.14. The largest absolute Gasteiger partial charge is 0.495 e. The number of sulfonamides is 1. The van der Waals surface area contributed by atoms with Gasteiger partial charge in [-0.05, 0) is 43.2 Å². The zero-order valence-corrected chi connectivity index (χ0v) is 17.4. The third-order valence-corrected chi connectivity index (χ3v) is 6.51. The molecule has 1 aliphatic rings. The standard InChI is InChI=1S/C20H23N3O6S/c1-28-17-9-8-15(13-18(17)30(26,27)23-11-5-2-6-12-23)22-19(24)14-29-20(25)16-7-3-4-10-21-16/h3-4,7-10,13H,2,5-6,11-12,14H2,1H3,(H,22,24). The lowest BCUT2D eigenvalue weighted by molar-refractivity contribution is -0.119. The Morgan fingerprint density at radius 3 is 2.57 bits per heavy atom. The first-order valence-corrected chi connectivity index (χ1v) is 10.9. The van der Waals surface area contributed by atoms with E-state index in [-0.39, 0.29) is 22.0 Å². The number of hydrogen-bond acceptors (Lipinski definition) is 7. The maximum Gasteiger partial charge on any atom is 0.357 e. The number of rotatable bonds is 7. The average Bonchev–Trinajstić information content (AvgIpc) is 2.78. The van der Waals surface area contributed by atoms with Gasteiger partial charge < -0.3 is 14.8 Å². The lowest BCUT2D eigenvalue weighted by Crippen LogP contribution is -2.35. The maximum atomic E-state index is 13.0. The Morgan fingerprint density at radius 2 is 1.90 bits per heavy atom. The van der Waals surface area contributed by atoms with E-state index >= 15 is 0 Å². The molecule has 1 aliphatic heterocycles. The second-order valence-electron chi connectivity index (χ2n) is 6.67. The number of esters is 1. The van der Waals surface area contributed by atoms with Gasteiger partial charge in [0.25, 0.3) is 5.91 Å². The average molecular weight is 433 g/mol. The van der Waals surface area contributed by atoms with Gasteiger partial charge in [0.2, 0.25) is 10.0 Å². The molecule has 1 amide bonds. The number of nitrogens with one attached hydrogen (secondary N) is 1. The summed E-state index contributed by atoms with van der Waals surface area (Å²) in [4.78, 5) is 27.9. The molecule has 1 fully saturated rings. The van der Waals surface area contributed by atoms with Crippen LogP contribution in [0.3, 0.4) is 0 Å². The van der Waals surface area contributed by atoms with E-state index in [9.17, 15) is 18.0 Å². The number of carbonyl (C=O) groups is 2. The van der Waals surface area contributed by atoms with Gasteiger partial charge in [-0.3, -0.25) is 4.79 Å². The first kappa shape index (κ1) is 21.7. The molecule has 9 nitrogen and oxygen atoms in total. The van der Waals surface area contributed by atoms with Crippen molar-refractivity contribution in [2.24, 2.45) is 0 Å². The summed E-state index contributed by atoms with van der Waals surface area (Å²) in [7, 11) is -2.37. The van der Waals surface area contributed by atoms with Crippen LogP contribution in [-0.2, 0) is 19.6 Å². The fourth-order valence-corrected chi connectivity index (χ4v) is 4.78. The van der Waals surface area contributed by atoms with Crippen LogP contribution in [0.15, 0.2) is 47.5 Å². The number of ether oxygens (including phenoxy) is 2. The number of benzene rings is 1. The van der Waals surface area contributed by atoms with Crippen molar-refractivity contribution in [1.29, 1.82) is 0 Å². The van der Waals surface area contributed by atoms with Crippen LogP contribution in [0.25, 0.3) is 0 Å². The molecule has 1 aromatic carbocycles. The van der Waals surface area contributed by atoms with E-state index in [4.69, 9.17) is 9.47 Å². The smallest absolute Gasteiger partial charge is 0.357 e. The number of piperidine rings is 1. The van der Waals surface area contributed by atoms with Crippen LogP contribution in [0.5, 0.6) is 5.75 Å². The molecule has 10 heteroatoms. The van der Waals surface area contributed by atoms with Crippen LogP contribution in [0.4, 0.5) is 5.69 Å². The number of nitrogens with zero attached hydrogens (tertiary/aromatic N) is 2. The minimum atomic E-state index is -3.76. The van der Waals surface area contributed by atoms with Crippen molar-refractivity contribution >= 4 is 27.6 Å². The Bertz CT molecular complexity index is 1000. The van der Waals surface area contributed by atoms with Gasteiger partial charge in [-0.2, -0.15) is 4.31 Å². The quantitative estimate of drug-likeness (QED) is 0.665. The summed E-state index contributed by atoms with van der Waals surface area (Å²) in [6.07, 6.45) is 4.05. The molecule has 1 N–H and O–H groups in total. The Balaban J connectivity index is 1.70. The molecule has 0 unspecified atom stereocenters. The van der Waals surface area contributed by atoms with E-state index in [2.05, 4.69) is 10.3 Å². The van der Waals surface area contributed by atoms with Crippen LogP contribution in [0.1, 0.15) is 29.8 Å². The van der Waals surface area contributed by atoms with Gasteiger partial charge in [-0.15, -0.1) is 0 Å². The summed E-state index contributed by atoms with van der Waals surface area (Å²) in [6.45, 7) is 0.368. The predicted molar refractivity (Wildman–Crippen MR) is 109 cm³/mol. The Labute approximate surface area is 175 Å². The number of pyridine rings is 1. The fourth-order valence-electron chi connectivity index (χ4n) is 3.09. The van der Waals surface area contributed by atoms with Crippen LogP contribution in [0, 0.1) is 0 Å². The highest BCUT2D eigenvalue weighted by molar-refractivity contribution is 7.89. The van der Waals surface area contributed by atoms with Crippen LogP contribution >= 0.6 is 0 Å². The summed E-state index contributed by atoms with van der Waals surface area (Å²) in [5.74, 6) is -1.14. The van der Waals surface area contributed by atoms with Crippen molar-refractivity contribution in [3.8, 4) is 5.75 Å². The highest BCUT2D eigenvalue weighted by Crippen LogP contribution is 2.31. The normalized spacial score (nSPS) is 14.7. The van der Waals surface area contributed by atoms with Crippen molar-refractivity contribution in [3.63, 3.8) is 0 Å². The van der Waals surface area contributed by atoms with E-state index in [0.717, 1.165) is 19.3 Å². The summed E-state index contributed by atoms with van der Waals surface area (Å²) in [5, 5.41) is 2.54. The predicted octanol–water partition coefficient (Wildman–Crippen LogP) is 2.06. The molecular formula is C20H23N3O6S. The molecule has 0 spiro atoms. The summed E-state index contributed by atoms with van der Waals surface area (Å²) in [6, 6.07) is 9.11. The lowest BCUT2D eigenvalue weighted by atomic mass is 10.2. The molecule has 1 saturated heterocycles. The van der Waals surface area contributed by atoms with Crippen LogP contribution in [0.2, 0.25) is 0 Å². The van der Waals surface area contributed by atoms with E-state index in [1.54, 1.807) is 12.1 Å². The van der Waals surface area contributed by atoms with Gasteiger partial charge in [0.15, 0.2) is 6.61 Å². The Morgan fingerprint density at radius 1 is 1.13 bits per heavy atom. The Kier molecular flexibility index (Phi) is 7.01. The molecule has 3 rings (SSSR count). The highest BCUT2D eigenvalue weighted by Gasteiger charge is 2.29. The zero-order valence-electron chi connectivity index (χ0n) is 16.5. The Hall–Kier alpha value is -2.98. The summed E-state index contributed by atoms with van der Waals surface area (Å²) in [5.41, 5.74) is 0.343. The van der Waals surface area contributed by atoms with Crippen molar-refractivity contribution in [3.05, 3.63) is 48.3 Å². The first-order valence-electron chi connectivity index (χ1n) is 9.48. The van der Waals surface area contributed by atoms with Gasteiger partial charge in [-0.25, -0.2) is 18.2 Å². The fraction of sp³-hybridized carbons (Fsp3) is 0.350. The van der Waals surface area contributed by atoms with Crippen LogP contribution < -0.4 is 10.1 Å². The SMILES string of the molecule is COc1ccc(NC(=O)COC(=O)c2ccccn2)cc1S(=O)(=O)N1CCCCC1. The summed E-state index contributed by atoms with van der Waals surface area (Å²) < 4.78 is 37.6. The molecule has 0 saturated carbocycles. The topological polar surface area (TPSA) is 115 Å². The lowest BCUT2D eigenvalue weighted by Gasteiger charge is -2.26. The maximum absolute atomic E-state index is 13.0. The molecule has 0 atom stereocenters. The number of anilines is 1. The van der Waals surface area contributed by atoms with E-state index < -0.39 is 28.5 Å². The van der Waals surface area contributed by atoms with Gasteiger partial charge in [0, 0.05) is 25.0 Å². The molecule has 1 aromatic heterocycles. The van der Waals surface area contributed by atoms with E-state index in [0.29, 0.717) is 13.1 Å². The molecule has 160 valence electrons. The molecule has 2 aromatic rings.